The first-order chi connectivity index (χ1) is 16.8. The molecule has 12 heteroatoms. The van der Waals surface area contributed by atoms with E-state index in [1.807, 2.05) is 0 Å². The third-order valence-electron chi connectivity index (χ3n) is 7.58. The van der Waals surface area contributed by atoms with Crippen molar-refractivity contribution in [2.45, 2.75) is 96.3 Å². The van der Waals surface area contributed by atoms with Gasteiger partial charge in [0.2, 0.25) is 0 Å². The number of carboxylic acid groups (broad SMARTS) is 6. The van der Waals surface area contributed by atoms with Gasteiger partial charge < -0.3 is 30.6 Å². The number of hydrogen-bond acceptors (Lipinski definition) is 6. The van der Waals surface area contributed by atoms with E-state index in [2.05, 4.69) is 0 Å². The van der Waals surface area contributed by atoms with E-state index < -0.39 is 52.1 Å². The summed E-state index contributed by atoms with van der Waals surface area (Å²) in [5.74, 6) is -9.17. The average Bonchev–Trinajstić information content (AvgIpc) is 2.77. The van der Waals surface area contributed by atoms with E-state index in [0.29, 0.717) is 0 Å². The first-order valence-electron chi connectivity index (χ1n) is 12.2. The molecule has 204 valence electrons. The number of carbonyl (C=O) groups is 6. The number of aliphatic carboxylic acids is 6. The summed E-state index contributed by atoms with van der Waals surface area (Å²) >= 11 is 0. The van der Waals surface area contributed by atoms with E-state index >= 15 is 0 Å². The molecular weight excluding hydrogens is 480 g/mol. The van der Waals surface area contributed by atoms with Crippen LogP contribution in [0.15, 0.2) is 0 Å². The molecule has 0 spiro atoms. The molecule has 0 radical (unpaired) electrons. The van der Waals surface area contributed by atoms with Crippen LogP contribution in [0.2, 0.25) is 0 Å². The topological polar surface area (TPSA) is 224 Å². The Morgan fingerprint density at radius 1 is 0.306 bits per heavy atom. The van der Waals surface area contributed by atoms with Gasteiger partial charge in [0, 0.05) is 0 Å². The maximum absolute atomic E-state index is 11.9. The van der Waals surface area contributed by atoms with Crippen molar-refractivity contribution in [2.75, 3.05) is 0 Å². The van der Waals surface area contributed by atoms with Crippen LogP contribution in [0.1, 0.15) is 96.3 Å². The number of hydrogen-bond donors (Lipinski definition) is 6. The van der Waals surface area contributed by atoms with Crippen molar-refractivity contribution >= 4 is 35.8 Å². The Balaban J connectivity index is 3.24. The van der Waals surface area contributed by atoms with Crippen molar-refractivity contribution in [1.29, 1.82) is 0 Å². The van der Waals surface area contributed by atoms with Crippen molar-refractivity contribution in [3.8, 4) is 0 Å². The molecule has 1 aliphatic rings. The molecule has 0 aromatic heterocycles. The van der Waals surface area contributed by atoms with Gasteiger partial charge in [-0.3, -0.25) is 28.8 Å². The van der Waals surface area contributed by atoms with Gasteiger partial charge in [0.1, 0.15) is 0 Å². The predicted octanol–water partition coefficient (Wildman–Crippen LogP) is 3.32. The highest BCUT2D eigenvalue weighted by atomic mass is 16.4. The molecule has 1 rings (SSSR count). The minimum absolute atomic E-state index is 0.134. The van der Waals surface area contributed by atoms with E-state index in [0.717, 1.165) is 0 Å². The molecule has 0 bridgehead atoms. The van der Waals surface area contributed by atoms with Gasteiger partial charge in [0.15, 0.2) is 16.2 Å². The second-order valence-corrected chi connectivity index (χ2v) is 9.76. The minimum atomic E-state index is -2.10. The van der Waals surface area contributed by atoms with Crippen LogP contribution in [0.5, 0.6) is 0 Å². The lowest BCUT2D eigenvalue weighted by Gasteiger charge is -2.28. The number of rotatable bonds is 6. The van der Waals surface area contributed by atoms with Gasteiger partial charge in [-0.2, -0.15) is 0 Å². The Hall–Kier alpha value is -3.18. The molecule has 0 saturated heterocycles. The second kappa shape index (κ2) is 13.2. The van der Waals surface area contributed by atoms with Crippen LogP contribution >= 0.6 is 0 Å². The summed E-state index contributed by atoms with van der Waals surface area (Å²) in [5.41, 5.74) is -6.30. The van der Waals surface area contributed by atoms with Gasteiger partial charge in [0.05, 0.1) is 0 Å². The van der Waals surface area contributed by atoms with Crippen LogP contribution in [-0.2, 0) is 28.8 Å². The van der Waals surface area contributed by atoms with Crippen molar-refractivity contribution in [1.82, 2.24) is 0 Å². The summed E-state index contributed by atoms with van der Waals surface area (Å²) in [4.78, 5) is 71.5. The van der Waals surface area contributed by atoms with Crippen molar-refractivity contribution in [3.05, 3.63) is 0 Å². The second-order valence-electron chi connectivity index (χ2n) is 9.76. The maximum atomic E-state index is 11.9. The lowest BCUT2D eigenvalue weighted by molar-refractivity contribution is -0.167. The largest absolute Gasteiger partial charge is 0.480 e. The summed E-state index contributed by atoms with van der Waals surface area (Å²) in [6.07, 6.45) is 0.144. The molecule has 0 atom stereocenters. The first-order valence-corrected chi connectivity index (χ1v) is 12.2. The fourth-order valence-corrected chi connectivity index (χ4v) is 5.02. The van der Waals surface area contributed by atoms with Crippen molar-refractivity contribution in [2.24, 2.45) is 16.2 Å². The van der Waals surface area contributed by atoms with Crippen LogP contribution in [0.4, 0.5) is 0 Å². The van der Waals surface area contributed by atoms with E-state index in [9.17, 15) is 59.4 Å². The van der Waals surface area contributed by atoms with E-state index in [-0.39, 0.29) is 96.3 Å². The molecular formula is C24H36O12. The highest BCUT2D eigenvalue weighted by Gasteiger charge is 2.48. The lowest BCUT2D eigenvalue weighted by Crippen LogP contribution is -2.40. The monoisotopic (exact) mass is 516 g/mol. The fraction of sp³-hybridized carbons (Fsp3) is 0.750. The summed E-state index contributed by atoms with van der Waals surface area (Å²) in [6.45, 7) is 0. The minimum Gasteiger partial charge on any atom is -0.480 e. The number of carboxylic acids is 6. The normalized spacial score (nSPS) is 21.7. The zero-order chi connectivity index (χ0) is 27.6. The molecule has 12 nitrogen and oxygen atoms in total. The molecule has 0 amide bonds. The molecule has 0 unspecified atom stereocenters. The van der Waals surface area contributed by atoms with E-state index in [4.69, 9.17) is 0 Å². The Morgan fingerprint density at radius 2 is 0.444 bits per heavy atom. The zero-order valence-corrected chi connectivity index (χ0v) is 20.2. The van der Waals surface area contributed by atoms with Crippen LogP contribution in [0, 0.1) is 16.2 Å². The average molecular weight is 517 g/mol. The smallest absolute Gasteiger partial charge is 0.321 e. The standard InChI is InChI=1S/C24H36O12/c25-16(26)22(17(27)28)10-4-1-5-11-23(18(29)30,19(31)32)13-7-3-9-15-24(20(33)34,21(35)36)14-8-2-6-12-22/h1-15H2,(H,25,26)(H,27,28)(H,29,30)(H,31,32)(H,33,34)(H,35,36). The highest BCUT2D eigenvalue weighted by Crippen LogP contribution is 2.38. The zero-order valence-electron chi connectivity index (χ0n) is 20.2. The van der Waals surface area contributed by atoms with Gasteiger partial charge in [-0.25, -0.2) is 0 Å². The third-order valence-corrected chi connectivity index (χ3v) is 7.58. The van der Waals surface area contributed by atoms with Gasteiger partial charge in [0.25, 0.3) is 0 Å². The molecule has 1 aliphatic carbocycles. The summed E-state index contributed by atoms with van der Waals surface area (Å²) in [5, 5.41) is 58.1. The molecule has 1 fully saturated rings. The quantitative estimate of drug-likeness (QED) is 0.280. The van der Waals surface area contributed by atoms with Crippen molar-refractivity contribution in [3.63, 3.8) is 0 Å². The Kier molecular flexibility index (Phi) is 11.3. The Bertz CT molecular complexity index is 671. The SMILES string of the molecule is O=C(O)C1(C(=O)O)CCCCCC(C(=O)O)(C(=O)O)CCCCCC(C(=O)O)(C(=O)O)CCCCC1. The fourth-order valence-electron chi connectivity index (χ4n) is 5.02. The molecule has 1 saturated carbocycles. The Labute approximate surface area is 208 Å². The third kappa shape index (κ3) is 6.94. The lowest BCUT2D eigenvalue weighted by atomic mass is 9.74. The summed E-state index contributed by atoms with van der Waals surface area (Å²) in [7, 11) is 0. The van der Waals surface area contributed by atoms with Crippen LogP contribution in [-0.4, -0.2) is 66.5 Å². The van der Waals surface area contributed by atoms with Crippen LogP contribution in [0.3, 0.4) is 0 Å². The molecule has 0 heterocycles. The van der Waals surface area contributed by atoms with Crippen molar-refractivity contribution < 1.29 is 59.4 Å². The predicted molar refractivity (Wildman–Crippen MR) is 122 cm³/mol. The van der Waals surface area contributed by atoms with E-state index in [1.165, 1.54) is 0 Å². The van der Waals surface area contributed by atoms with Gasteiger partial charge in [-0.1, -0.05) is 57.8 Å². The van der Waals surface area contributed by atoms with E-state index in [1.54, 1.807) is 0 Å². The van der Waals surface area contributed by atoms with Gasteiger partial charge in [-0.15, -0.1) is 0 Å². The van der Waals surface area contributed by atoms with Gasteiger partial charge in [-0.05, 0) is 38.5 Å². The molecule has 6 N–H and O–H groups in total. The summed E-state index contributed by atoms with van der Waals surface area (Å²) in [6, 6.07) is 0. The van der Waals surface area contributed by atoms with Crippen LogP contribution in [0.25, 0.3) is 0 Å². The Morgan fingerprint density at radius 3 is 0.556 bits per heavy atom. The first kappa shape index (κ1) is 30.9. The van der Waals surface area contributed by atoms with Crippen LogP contribution < -0.4 is 0 Å². The molecule has 36 heavy (non-hydrogen) atoms. The summed E-state index contributed by atoms with van der Waals surface area (Å²) < 4.78 is 0. The maximum Gasteiger partial charge on any atom is 0.321 e. The van der Waals surface area contributed by atoms with Gasteiger partial charge >= 0.3 is 35.8 Å². The molecule has 0 aromatic carbocycles. The molecule has 0 aliphatic heterocycles. The highest BCUT2D eigenvalue weighted by molar-refractivity contribution is 5.99. The molecule has 0 aromatic rings.